The Morgan fingerprint density at radius 3 is 2.79 bits per heavy atom. The van der Waals surface area contributed by atoms with E-state index in [1.165, 1.54) is 11.8 Å². The number of thioether (sulfide) groups is 1. The molecular weight excluding hydrogens is 328 g/mol. The third kappa shape index (κ3) is 4.87. The molecule has 0 bridgehead atoms. The van der Waals surface area contributed by atoms with Gasteiger partial charge < -0.3 is 5.32 Å². The number of imide groups is 1. The number of hydrogen-bond donors (Lipinski definition) is 2. The maximum Gasteiger partial charge on any atom is 0.321 e. The summed E-state index contributed by atoms with van der Waals surface area (Å²) in [6, 6.07) is 7.58. The number of nitrogens with one attached hydrogen (secondary N) is 2. The van der Waals surface area contributed by atoms with Gasteiger partial charge in [-0.1, -0.05) is 22.0 Å². The lowest BCUT2D eigenvalue weighted by Gasteiger charge is -2.11. The van der Waals surface area contributed by atoms with E-state index in [1.54, 1.807) is 6.92 Å². The summed E-state index contributed by atoms with van der Waals surface area (Å²) in [5.41, 5.74) is 0. The van der Waals surface area contributed by atoms with Crippen LogP contribution in [0.5, 0.6) is 0 Å². The van der Waals surface area contributed by atoms with Crippen molar-refractivity contribution in [3.05, 3.63) is 28.7 Å². The fraction of sp³-hybridized carbons (Fsp3) is 0.385. The van der Waals surface area contributed by atoms with Crippen molar-refractivity contribution in [3.63, 3.8) is 0 Å². The van der Waals surface area contributed by atoms with Crippen LogP contribution >= 0.6 is 27.7 Å². The van der Waals surface area contributed by atoms with Gasteiger partial charge in [0.1, 0.15) is 0 Å². The molecule has 6 heteroatoms. The smallest absolute Gasteiger partial charge is 0.321 e. The van der Waals surface area contributed by atoms with Crippen LogP contribution in [0.1, 0.15) is 19.8 Å². The number of amides is 3. The molecule has 1 aromatic rings. The predicted molar refractivity (Wildman–Crippen MR) is 79.2 cm³/mol. The van der Waals surface area contributed by atoms with E-state index in [9.17, 15) is 9.59 Å². The third-order valence-corrected chi connectivity index (χ3v) is 4.21. The van der Waals surface area contributed by atoms with Gasteiger partial charge in [-0.15, -0.1) is 11.8 Å². The van der Waals surface area contributed by atoms with E-state index in [2.05, 4.69) is 26.6 Å². The van der Waals surface area contributed by atoms with E-state index in [4.69, 9.17) is 0 Å². The van der Waals surface area contributed by atoms with Gasteiger partial charge in [-0.2, -0.15) is 0 Å². The Kier molecular flexibility index (Phi) is 4.87. The zero-order valence-corrected chi connectivity index (χ0v) is 12.9. The highest BCUT2D eigenvalue weighted by atomic mass is 79.9. The summed E-state index contributed by atoms with van der Waals surface area (Å²) >= 11 is 4.81. The standard InChI is InChI=1S/C13H15BrN2O2S/c1-8(19-11-4-2-3-9(14)7-11)12(17)16-13(18)15-10-5-6-10/h2-4,7-8,10H,5-6H2,1H3,(H2,15,16,17,18). The predicted octanol–water partition coefficient (Wildman–Crippen LogP) is 2.92. The van der Waals surface area contributed by atoms with Gasteiger partial charge in [0.25, 0.3) is 0 Å². The molecule has 1 aliphatic carbocycles. The van der Waals surface area contributed by atoms with Crippen molar-refractivity contribution in [1.82, 2.24) is 10.6 Å². The maximum absolute atomic E-state index is 11.8. The van der Waals surface area contributed by atoms with Crippen molar-refractivity contribution in [1.29, 1.82) is 0 Å². The van der Waals surface area contributed by atoms with Crippen LogP contribution in [0, 0.1) is 0 Å². The lowest BCUT2D eigenvalue weighted by Crippen LogP contribution is -2.43. The Labute approximate surface area is 124 Å². The third-order valence-electron chi connectivity index (χ3n) is 2.63. The molecule has 2 rings (SSSR count). The van der Waals surface area contributed by atoms with Crippen LogP contribution in [-0.2, 0) is 4.79 Å². The topological polar surface area (TPSA) is 58.2 Å². The van der Waals surface area contributed by atoms with Crippen LogP contribution in [0.4, 0.5) is 4.79 Å². The minimum atomic E-state index is -0.394. The number of rotatable bonds is 4. The quantitative estimate of drug-likeness (QED) is 0.827. The second kappa shape index (κ2) is 6.43. The van der Waals surface area contributed by atoms with Crippen molar-refractivity contribution in [2.45, 2.75) is 36.0 Å². The molecular formula is C13H15BrN2O2S. The van der Waals surface area contributed by atoms with E-state index in [-0.39, 0.29) is 17.2 Å². The molecule has 4 nitrogen and oxygen atoms in total. The van der Waals surface area contributed by atoms with Crippen LogP contribution in [-0.4, -0.2) is 23.2 Å². The molecule has 1 atom stereocenters. The monoisotopic (exact) mass is 342 g/mol. The zero-order chi connectivity index (χ0) is 13.8. The first-order valence-electron chi connectivity index (χ1n) is 6.08. The Hall–Kier alpha value is -1.01. The van der Waals surface area contributed by atoms with Gasteiger partial charge in [0, 0.05) is 15.4 Å². The van der Waals surface area contributed by atoms with Gasteiger partial charge in [-0.05, 0) is 38.0 Å². The zero-order valence-electron chi connectivity index (χ0n) is 10.5. The average Bonchev–Trinajstić information content (AvgIpc) is 3.12. The molecule has 0 spiro atoms. The van der Waals surface area contributed by atoms with E-state index in [0.717, 1.165) is 22.2 Å². The fourth-order valence-electron chi connectivity index (χ4n) is 1.46. The van der Waals surface area contributed by atoms with Crippen molar-refractivity contribution < 1.29 is 9.59 Å². The molecule has 0 radical (unpaired) electrons. The van der Waals surface area contributed by atoms with E-state index < -0.39 is 6.03 Å². The first kappa shape index (κ1) is 14.4. The van der Waals surface area contributed by atoms with Gasteiger partial charge in [-0.25, -0.2) is 4.79 Å². The van der Waals surface area contributed by atoms with Crippen LogP contribution in [0.15, 0.2) is 33.6 Å². The molecule has 1 saturated carbocycles. The number of hydrogen-bond acceptors (Lipinski definition) is 3. The minimum absolute atomic E-state index is 0.251. The van der Waals surface area contributed by atoms with Gasteiger partial charge in [0.05, 0.1) is 5.25 Å². The SMILES string of the molecule is CC(Sc1cccc(Br)c1)C(=O)NC(=O)NC1CC1. The lowest BCUT2D eigenvalue weighted by atomic mass is 10.4. The van der Waals surface area contributed by atoms with Gasteiger partial charge in [0.15, 0.2) is 0 Å². The molecule has 0 saturated heterocycles. The van der Waals surface area contributed by atoms with Crippen LogP contribution < -0.4 is 10.6 Å². The molecule has 19 heavy (non-hydrogen) atoms. The van der Waals surface area contributed by atoms with E-state index >= 15 is 0 Å². The van der Waals surface area contributed by atoms with Crippen LogP contribution in [0.2, 0.25) is 0 Å². The average molecular weight is 343 g/mol. The summed E-state index contributed by atoms with van der Waals surface area (Å²) in [6.07, 6.45) is 2.01. The van der Waals surface area contributed by atoms with Crippen molar-refractivity contribution in [2.24, 2.45) is 0 Å². The summed E-state index contributed by atoms with van der Waals surface area (Å²) in [5, 5.41) is 4.77. The number of carbonyl (C=O) groups is 2. The fourth-order valence-corrected chi connectivity index (χ4v) is 2.94. The number of carbonyl (C=O) groups excluding carboxylic acids is 2. The van der Waals surface area contributed by atoms with Crippen LogP contribution in [0.25, 0.3) is 0 Å². The second-order valence-corrected chi connectivity index (χ2v) is 6.78. The normalized spacial score (nSPS) is 15.7. The number of urea groups is 1. The minimum Gasteiger partial charge on any atom is -0.335 e. The van der Waals surface area contributed by atoms with Gasteiger partial charge >= 0.3 is 6.03 Å². The molecule has 3 amide bonds. The number of benzene rings is 1. The summed E-state index contributed by atoms with van der Waals surface area (Å²) in [4.78, 5) is 24.3. The van der Waals surface area contributed by atoms with Crippen LogP contribution in [0.3, 0.4) is 0 Å². The first-order chi connectivity index (χ1) is 9.04. The summed E-state index contributed by atoms with van der Waals surface area (Å²) in [6.45, 7) is 1.78. The molecule has 0 aliphatic heterocycles. The summed E-state index contributed by atoms with van der Waals surface area (Å²) < 4.78 is 0.969. The van der Waals surface area contributed by atoms with Crippen molar-refractivity contribution >= 4 is 39.6 Å². The van der Waals surface area contributed by atoms with E-state index in [1.807, 2.05) is 24.3 Å². The Morgan fingerprint density at radius 2 is 2.16 bits per heavy atom. The highest BCUT2D eigenvalue weighted by Gasteiger charge is 2.25. The molecule has 0 heterocycles. The van der Waals surface area contributed by atoms with Crippen molar-refractivity contribution in [3.8, 4) is 0 Å². The molecule has 1 aromatic carbocycles. The largest absolute Gasteiger partial charge is 0.335 e. The highest BCUT2D eigenvalue weighted by Crippen LogP contribution is 2.26. The molecule has 102 valence electrons. The summed E-state index contributed by atoms with van der Waals surface area (Å²) in [5.74, 6) is -0.275. The molecule has 1 aliphatic rings. The molecule has 1 fully saturated rings. The molecule has 2 N–H and O–H groups in total. The summed E-state index contributed by atoms with van der Waals surface area (Å²) in [7, 11) is 0. The Morgan fingerprint density at radius 1 is 1.42 bits per heavy atom. The maximum atomic E-state index is 11.8. The molecule has 1 unspecified atom stereocenters. The van der Waals surface area contributed by atoms with Gasteiger partial charge in [0.2, 0.25) is 5.91 Å². The van der Waals surface area contributed by atoms with E-state index in [0.29, 0.717) is 0 Å². The Balaban J connectivity index is 1.82. The molecule has 0 aromatic heterocycles. The Bertz CT molecular complexity index is 491. The number of halogens is 1. The lowest BCUT2D eigenvalue weighted by molar-refractivity contribution is -0.119. The highest BCUT2D eigenvalue weighted by molar-refractivity contribution is 9.10. The van der Waals surface area contributed by atoms with Gasteiger partial charge in [-0.3, -0.25) is 10.1 Å². The first-order valence-corrected chi connectivity index (χ1v) is 7.75. The van der Waals surface area contributed by atoms with Crippen molar-refractivity contribution in [2.75, 3.05) is 0 Å². The second-order valence-electron chi connectivity index (χ2n) is 4.45.